The molecule has 0 saturated carbocycles. The number of nitriles is 1. The minimum absolute atomic E-state index is 0.337. The highest BCUT2D eigenvalue weighted by atomic mass is 16.2. The van der Waals surface area contributed by atoms with Gasteiger partial charge >= 0.3 is 0 Å². The van der Waals surface area contributed by atoms with Gasteiger partial charge in [-0.2, -0.15) is 5.26 Å². The Balaban J connectivity index is 2.39. The lowest BCUT2D eigenvalue weighted by molar-refractivity contribution is -0.123. The Morgan fingerprint density at radius 2 is 1.80 bits per heavy atom. The van der Waals surface area contributed by atoms with E-state index in [2.05, 4.69) is 5.32 Å². The van der Waals surface area contributed by atoms with Crippen LogP contribution in [0, 0.1) is 11.3 Å². The topological polar surface area (TPSA) is 70.0 Å². The molecule has 2 amide bonds. The molecule has 0 radical (unpaired) electrons. The molecule has 0 atom stereocenters. The van der Waals surface area contributed by atoms with Crippen LogP contribution in [0.25, 0.3) is 5.57 Å². The van der Waals surface area contributed by atoms with Gasteiger partial charge in [-0.15, -0.1) is 0 Å². The van der Waals surface area contributed by atoms with Gasteiger partial charge in [-0.3, -0.25) is 14.9 Å². The van der Waals surface area contributed by atoms with E-state index in [4.69, 9.17) is 5.26 Å². The zero-order valence-electron chi connectivity index (χ0n) is 7.65. The Bertz CT molecular complexity index is 506. The number of amides is 2. The van der Waals surface area contributed by atoms with Crippen LogP contribution in [-0.2, 0) is 9.59 Å². The van der Waals surface area contributed by atoms with E-state index in [-0.39, 0.29) is 0 Å². The monoisotopic (exact) mass is 198 g/mol. The van der Waals surface area contributed by atoms with Gasteiger partial charge in [0.25, 0.3) is 11.8 Å². The van der Waals surface area contributed by atoms with E-state index in [1.165, 1.54) is 6.08 Å². The highest BCUT2D eigenvalue weighted by Crippen LogP contribution is 2.18. The van der Waals surface area contributed by atoms with E-state index in [0.29, 0.717) is 16.7 Å². The molecule has 1 aromatic rings. The minimum Gasteiger partial charge on any atom is -0.289 e. The van der Waals surface area contributed by atoms with Gasteiger partial charge < -0.3 is 0 Å². The third kappa shape index (κ3) is 1.63. The third-order valence-electron chi connectivity index (χ3n) is 2.08. The van der Waals surface area contributed by atoms with E-state index in [1.54, 1.807) is 24.3 Å². The quantitative estimate of drug-likeness (QED) is 0.671. The van der Waals surface area contributed by atoms with Crippen molar-refractivity contribution in [2.75, 3.05) is 0 Å². The molecular weight excluding hydrogens is 192 g/mol. The van der Waals surface area contributed by atoms with Gasteiger partial charge in [0.2, 0.25) is 0 Å². The lowest BCUT2D eigenvalue weighted by Crippen LogP contribution is -2.21. The fourth-order valence-electron chi connectivity index (χ4n) is 1.35. The largest absolute Gasteiger partial charge is 0.289 e. The van der Waals surface area contributed by atoms with Crippen molar-refractivity contribution in [3.05, 3.63) is 41.5 Å². The molecule has 0 aromatic heterocycles. The van der Waals surface area contributed by atoms with Crippen molar-refractivity contribution < 1.29 is 9.59 Å². The number of imide groups is 1. The van der Waals surface area contributed by atoms with Crippen molar-refractivity contribution in [2.24, 2.45) is 0 Å². The molecule has 0 spiro atoms. The van der Waals surface area contributed by atoms with E-state index >= 15 is 0 Å². The molecule has 4 nitrogen and oxygen atoms in total. The molecule has 72 valence electrons. The van der Waals surface area contributed by atoms with Crippen molar-refractivity contribution in [3.63, 3.8) is 0 Å². The summed E-state index contributed by atoms with van der Waals surface area (Å²) < 4.78 is 0. The normalized spacial score (nSPS) is 14.5. The summed E-state index contributed by atoms with van der Waals surface area (Å²) in [5.74, 6) is -0.802. The van der Waals surface area contributed by atoms with E-state index in [0.717, 1.165) is 0 Å². The van der Waals surface area contributed by atoms with Crippen molar-refractivity contribution in [3.8, 4) is 6.07 Å². The van der Waals surface area contributed by atoms with E-state index in [1.807, 2.05) is 6.07 Å². The summed E-state index contributed by atoms with van der Waals surface area (Å²) in [4.78, 5) is 22.2. The van der Waals surface area contributed by atoms with Crippen LogP contribution in [0.2, 0.25) is 0 Å². The highest BCUT2D eigenvalue weighted by molar-refractivity contribution is 6.33. The first-order chi connectivity index (χ1) is 7.20. The van der Waals surface area contributed by atoms with Crippen molar-refractivity contribution in [1.82, 2.24) is 5.32 Å². The molecule has 0 aliphatic carbocycles. The lowest BCUT2D eigenvalue weighted by atomic mass is 10.0. The fourth-order valence-corrected chi connectivity index (χ4v) is 1.35. The second kappa shape index (κ2) is 3.39. The van der Waals surface area contributed by atoms with Crippen molar-refractivity contribution in [1.29, 1.82) is 5.26 Å². The molecule has 0 unspecified atom stereocenters. The number of rotatable bonds is 1. The maximum atomic E-state index is 11.3. The number of benzene rings is 1. The summed E-state index contributed by atoms with van der Waals surface area (Å²) in [6.45, 7) is 0. The van der Waals surface area contributed by atoms with Gasteiger partial charge in [0.05, 0.1) is 17.2 Å². The summed E-state index contributed by atoms with van der Waals surface area (Å²) in [6.07, 6.45) is 1.25. The van der Waals surface area contributed by atoms with Crippen LogP contribution < -0.4 is 5.32 Å². The number of nitrogens with zero attached hydrogens (tertiary/aromatic N) is 1. The summed E-state index contributed by atoms with van der Waals surface area (Å²) in [5, 5.41) is 10.7. The van der Waals surface area contributed by atoms with Crippen LogP contribution in [0.15, 0.2) is 30.3 Å². The molecule has 0 fully saturated rings. The van der Waals surface area contributed by atoms with Crippen molar-refractivity contribution in [2.45, 2.75) is 0 Å². The smallest absolute Gasteiger partial charge is 0.258 e. The predicted molar refractivity (Wildman–Crippen MR) is 52.3 cm³/mol. The highest BCUT2D eigenvalue weighted by Gasteiger charge is 2.21. The maximum Gasteiger partial charge on any atom is 0.258 e. The summed E-state index contributed by atoms with van der Waals surface area (Å²) in [7, 11) is 0. The van der Waals surface area contributed by atoms with Crippen LogP contribution >= 0.6 is 0 Å². The SMILES string of the molecule is N#Cc1ccc(C2=CC(=O)NC2=O)cc1. The van der Waals surface area contributed by atoms with Gasteiger partial charge in [-0.1, -0.05) is 12.1 Å². The zero-order valence-corrected chi connectivity index (χ0v) is 7.65. The van der Waals surface area contributed by atoms with Crippen LogP contribution in [0.4, 0.5) is 0 Å². The molecule has 1 aliphatic rings. The lowest BCUT2D eigenvalue weighted by Gasteiger charge is -1.99. The molecule has 1 aliphatic heterocycles. The Labute approximate surface area is 85.8 Å². The van der Waals surface area contributed by atoms with Crippen LogP contribution in [-0.4, -0.2) is 11.8 Å². The van der Waals surface area contributed by atoms with E-state index in [9.17, 15) is 9.59 Å². The third-order valence-corrected chi connectivity index (χ3v) is 2.08. The molecule has 1 N–H and O–H groups in total. The molecule has 1 heterocycles. The second-order valence-corrected chi connectivity index (χ2v) is 3.07. The average molecular weight is 198 g/mol. The summed E-state index contributed by atoms with van der Waals surface area (Å²) in [5.41, 5.74) is 1.49. The van der Waals surface area contributed by atoms with Crippen LogP contribution in [0.5, 0.6) is 0 Å². The molecular formula is C11H6N2O2. The molecule has 0 saturated heterocycles. The predicted octanol–water partition coefficient (Wildman–Crippen LogP) is 0.598. The summed E-state index contributed by atoms with van der Waals surface area (Å²) in [6, 6.07) is 8.47. The van der Waals surface area contributed by atoms with Gasteiger partial charge in [-0.25, -0.2) is 0 Å². The Morgan fingerprint density at radius 3 is 2.27 bits per heavy atom. The number of carbonyl (C=O) groups excluding carboxylic acids is 2. The van der Waals surface area contributed by atoms with E-state index < -0.39 is 11.8 Å². The molecule has 15 heavy (non-hydrogen) atoms. The average Bonchev–Trinajstić information content (AvgIpc) is 2.58. The Kier molecular flexibility index (Phi) is 2.07. The first-order valence-electron chi connectivity index (χ1n) is 4.28. The second-order valence-electron chi connectivity index (χ2n) is 3.07. The minimum atomic E-state index is -0.403. The maximum absolute atomic E-state index is 11.3. The molecule has 4 heteroatoms. The number of nitrogens with one attached hydrogen (secondary N) is 1. The number of carbonyl (C=O) groups is 2. The summed E-state index contributed by atoms with van der Waals surface area (Å²) >= 11 is 0. The Hall–Kier alpha value is -2.41. The zero-order chi connectivity index (χ0) is 10.8. The first-order valence-corrected chi connectivity index (χ1v) is 4.28. The molecule has 2 rings (SSSR count). The van der Waals surface area contributed by atoms with Crippen LogP contribution in [0.3, 0.4) is 0 Å². The van der Waals surface area contributed by atoms with Gasteiger partial charge in [0.15, 0.2) is 0 Å². The van der Waals surface area contributed by atoms with Gasteiger partial charge in [0, 0.05) is 6.08 Å². The number of hydrogen-bond donors (Lipinski definition) is 1. The van der Waals surface area contributed by atoms with Gasteiger partial charge in [-0.05, 0) is 17.7 Å². The van der Waals surface area contributed by atoms with Crippen molar-refractivity contribution >= 4 is 17.4 Å². The molecule has 1 aromatic carbocycles. The standard InChI is InChI=1S/C11H6N2O2/c12-6-7-1-3-8(4-2-7)9-5-10(14)13-11(9)15/h1-5H,(H,13,14,15). The Morgan fingerprint density at radius 1 is 1.13 bits per heavy atom. The van der Waals surface area contributed by atoms with Gasteiger partial charge in [0.1, 0.15) is 0 Å². The first kappa shape index (κ1) is 9.16. The molecule has 0 bridgehead atoms. The number of hydrogen-bond acceptors (Lipinski definition) is 3. The fraction of sp³-hybridized carbons (Fsp3) is 0. The van der Waals surface area contributed by atoms with Crippen LogP contribution in [0.1, 0.15) is 11.1 Å².